The van der Waals surface area contributed by atoms with Gasteiger partial charge in [0.15, 0.2) is 0 Å². The number of para-hydroxylation sites is 1. The highest BCUT2D eigenvalue weighted by Gasteiger charge is 2.12. The maximum absolute atomic E-state index is 12.5. The van der Waals surface area contributed by atoms with Gasteiger partial charge in [-0.2, -0.15) is 0 Å². The summed E-state index contributed by atoms with van der Waals surface area (Å²) in [5.41, 5.74) is 1.21. The predicted octanol–water partition coefficient (Wildman–Crippen LogP) is 4.37. The molecule has 1 amide bonds. The lowest BCUT2D eigenvalue weighted by molar-refractivity contribution is 0.102. The molecule has 0 spiro atoms. The molecule has 0 aliphatic carbocycles. The van der Waals surface area contributed by atoms with Gasteiger partial charge in [0.25, 0.3) is 5.91 Å². The number of hydrogen-bond acceptors (Lipinski definition) is 3. The summed E-state index contributed by atoms with van der Waals surface area (Å²) in [5.74, 6) is 1.67. The first-order valence-electron chi connectivity index (χ1n) is 7.77. The van der Waals surface area contributed by atoms with E-state index in [0.29, 0.717) is 35.3 Å². The molecule has 4 heteroatoms. The Bertz CT molecular complexity index is 653. The Kier molecular flexibility index (Phi) is 6.03. The largest absolute Gasteiger partial charge is 0.497 e. The van der Waals surface area contributed by atoms with Crippen molar-refractivity contribution in [3.05, 3.63) is 54.1 Å². The number of ether oxygens (including phenoxy) is 2. The Morgan fingerprint density at radius 2 is 1.91 bits per heavy atom. The SMILES string of the molecule is COc1cccc(NC(=O)c2ccccc2OCCC(C)C)c1. The molecule has 0 heterocycles. The quantitative estimate of drug-likeness (QED) is 0.825. The zero-order chi connectivity index (χ0) is 16.7. The molecule has 2 aromatic carbocycles. The van der Waals surface area contributed by atoms with Crippen molar-refractivity contribution < 1.29 is 14.3 Å². The summed E-state index contributed by atoms with van der Waals surface area (Å²) in [6.07, 6.45) is 0.950. The van der Waals surface area contributed by atoms with E-state index in [1.54, 1.807) is 19.2 Å². The van der Waals surface area contributed by atoms with Crippen LogP contribution in [0.5, 0.6) is 11.5 Å². The first-order valence-corrected chi connectivity index (χ1v) is 7.77. The highest BCUT2D eigenvalue weighted by Crippen LogP contribution is 2.22. The van der Waals surface area contributed by atoms with Crippen molar-refractivity contribution >= 4 is 11.6 Å². The first kappa shape index (κ1) is 16.9. The van der Waals surface area contributed by atoms with Gasteiger partial charge in [0, 0.05) is 11.8 Å². The second-order valence-corrected chi connectivity index (χ2v) is 5.71. The average molecular weight is 313 g/mol. The Morgan fingerprint density at radius 1 is 1.13 bits per heavy atom. The van der Waals surface area contributed by atoms with E-state index in [1.807, 2.05) is 36.4 Å². The molecule has 0 aliphatic heterocycles. The smallest absolute Gasteiger partial charge is 0.259 e. The molecule has 0 atom stereocenters. The molecule has 0 radical (unpaired) electrons. The molecule has 4 nitrogen and oxygen atoms in total. The topological polar surface area (TPSA) is 47.6 Å². The standard InChI is InChI=1S/C19H23NO3/c1-14(2)11-12-23-18-10-5-4-9-17(18)19(21)20-15-7-6-8-16(13-15)22-3/h4-10,13-14H,11-12H2,1-3H3,(H,20,21). The average Bonchev–Trinajstić information content (AvgIpc) is 2.55. The van der Waals surface area contributed by atoms with Gasteiger partial charge in [0.1, 0.15) is 11.5 Å². The van der Waals surface area contributed by atoms with Crippen molar-refractivity contribution in [2.45, 2.75) is 20.3 Å². The molecular formula is C19H23NO3. The van der Waals surface area contributed by atoms with Crippen LogP contribution in [0.15, 0.2) is 48.5 Å². The van der Waals surface area contributed by atoms with Crippen molar-refractivity contribution in [1.29, 1.82) is 0 Å². The summed E-state index contributed by atoms with van der Waals surface area (Å²) in [5, 5.41) is 2.87. The monoisotopic (exact) mass is 313 g/mol. The zero-order valence-electron chi connectivity index (χ0n) is 13.8. The summed E-state index contributed by atoms with van der Waals surface area (Å²) < 4.78 is 10.9. The van der Waals surface area contributed by atoms with Crippen LogP contribution in [0.2, 0.25) is 0 Å². The number of carbonyl (C=O) groups excluding carboxylic acids is 1. The van der Waals surface area contributed by atoms with E-state index in [9.17, 15) is 4.79 Å². The second-order valence-electron chi connectivity index (χ2n) is 5.71. The normalized spacial score (nSPS) is 10.4. The highest BCUT2D eigenvalue weighted by molar-refractivity contribution is 6.06. The molecule has 0 aliphatic rings. The molecule has 23 heavy (non-hydrogen) atoms. The number of anilines is 1. The summed E-state index contributed by atoms with van der Waals surface area (Å²) in [6, 6.07) is 14.5. The van der Waals surface area contributed by atoms with E-state index in [1.165, 1.54) is 0 Å². The van der Waals surface area contributed by atoms with Crippen LogP contribution < -0.4 is 14.8 Å². The molecule has 0 aromatic heterocycles. The van der Waals surface area contributed by atoms with Gasteiger partial charge < -0.3 is 14.8 Å². The Hall–Kier alpha value is -2.49. The molecule has 0 unspecified atom stereocenters. The number of hydrogen-bond donors (Lipinski definition) is 1. The van der Waals surface area contributed by atoms with Crippen LogP contribution in [0.3, 0.4) is 0 Å². The third kappa shape index (κ3) is 5.02. The number of amides is 1. The molecule has 122 valence electrons. The lowest BCUT2D eigenvalue weighted by Gasteiger charge is -2.13. The van der Waals surface area contributed by atoms with Crippen molar-refractivity contribution in [3.63, 3.8) is 0 Å². The first-order chi connectivity index (χ1) is 11.1. The van der Waals surface area contributed by atoms with Gasteiger partial charge in [0.05, 0.1) is 19.3 Å². The van der Waals surface area contributed by atoms with E-state index >= 15 is 0 Å². The van der Waals surface area contributed by atoms with Gasteiger partial charge in [-0.05, 0) is 36.6 Å². The molecule has 1 N–H and O–H groups in total. The van der Waals surface area contributed by atoms with Gasteiger partial charge >= 0.3 is 0 Å². The fourth-order valence-corrected chi connectivity index (χ4v) is 2.08. The van der Waals surface area contributed by atoms with Crippen LogP contribution in [0.1, 0.15) is 30.6 Å². The predicted molar refractivity (Wildman–Crippen MR) is 92.3 cm³/mol. The van der Waals surface area contributed by atoms with Gasteiger partial charge in [0.2, 0.25) is 0 Å². The molecule has 0 saturated heterocycles. The van der Waals surface area contributed by atoms with Gasteiger partial charge in [-0.15, -0.1) is 0 Å². The highest BCUT2D eigenvalue weighted by atomic mass is 16.5. The number of methoxy groups -OCH3 is 1. The lowest BCUT2D eigenvalue weighted by atomic mass is 10.1. The minimum atomic E-state index is -0.196. The number of carbonyl (C=O) groups is 1. The van der Waals surface area contributed by atoms with E-state index in [4.69, 9.17) is 9.47 Å². The number of nitrogens with one attached hydrogen (secondary N) is 1. The Balaban J connectivity index is 2.09. The van der Waals surface area contributed by atoms with Crippen LogP contribution in [0.4, 0.5) is 5.69 Å². The number of rotatable bonds is 7. The molecule has 0 saturated carbocycles. The molecule has 0 fully saturated rings. The molecular weight excluding hydrogens is 290 g/mol. The maximum Gasteiger partial charge on any atom is 0.259 e. The number of benzene rings is 2. The second kappa shape index (κ2) is 8.22. The van der Waals surface area contributed by atoms with Crippen LogP contribution in [0, 0.1) is 5.92 Å². The Labute approximate surface area is 137 Å². The minimum absolute atomic E-state index is 0.196. The summed E-state index contributed by atoms with van der Waals surface area (Å²) in [7, 11) is 1.60. The van der Waals surface area contributed by atoms with Gasteiger partial charge in [-0.3, -0.25) is 4.79 Å². The van der Waals surface area contributed by atoms with Gasteiger partial charge in [-0.25, -0.2) is 0 Å². The third-order valence-corrected chi connectivity index (χ3v) is 3.41. The molecule has 2 rings (SSSR count). The summed E-state index contributed by atoms with van der Waals surface area (Å²) in [6.45, 7) is 4.89. The fraction of sp³-hybridized carbons (Fsp3) is 0.316. The van der Waals surface area contributed by atoms with Crippen LogP contribution in [0.25, 0.3) is 0 Å². The summed E-state index contributed by atoms with van der Waals surface area (Å²) in [4.78, 5) is 12.5. The molecule has 2 aromatic rings. The van der Waals surface area contributed by atoms with Gasteiger partial charge in [-0.1, -0.05) is 32.0 Å². The minimum Gasteiger partial charge on any atom is -0.497 e. The van der Waals surface area contributed by atoms with Crippen molar-refractivity contribution in [2.75, 3.05) is 19.0 Å². The fourth-order valence-electron chi connectivity index (χ4n) is 2.08. The van der Waals surface area contributed by atoms with Crippen LogP contribution in [-0.4, -0.2) is 19.6 Å². The molecule has 0 bridgehead atoms. The lowest BCUT2D eigenvalue weighted by Crippen LogP contribution is -2.14. The van der Waals surface area contributed by atoms with E-state index in [2.05, 4.69) is 19.2 Å². The van der Waals surface area contributed by atoms with Crippen LogP contribution in [-0.2, 0) is 0 Å². The van der Waals surface area contributed by atoms with Crippen molar-refractivity contribution in [2.24, 2.45) is 5.92 Å². The Morgan fingerprint density at radius 3 is 2.65 bits per heavy atom. The van der Waals surface area contributed by atoms with E-state index in [0.717, 1.165) is 6.42 Å². The third-order valence-electron chi connectivity index (χ3n) is 3.41. The maximum atomic E-state index is 12.5. The van der Waals surface area contributed by atoms with Crippen LogP contribution >= 0.6 is 0 Å². The summed E-state index contributed by atoms with van der Waals surface area (Å²) >= 11 is 0. The van der Waals surface area contributed by atoms with Crippen molar-refractivity contribution in [1.82, 2.24) is 0 Å². The van der Waals surface area contributed by atoms with E-state index < -0.39 is 0 Å². The zero-order valence-corrected chi connectivity index (χ0v) is 13.8. The van der Waals surface area contributed by atoms with Crippen molar-refractivity contribution in [3.8, 4) is 11.5 Å². The van der Waals surface area contributed by atoms with E-state index in [-0.39, 0.29) is 5.91 Å².